The van der Waals surface area contributed by atoms with Crippen LogP contribution in [-0.2, 0) is 17.8 Å². The van der Waals surface area contributed by atoms with E-state index in [2.05, 4.69) is 10.3 Å². The molecule has 0 aliphatic carbocycles. The molecule has 0 spiro atoms. The van der Waals surface area contributed by atoms with Crippen molar-refractivity contribution in [3.8, 4) is 0 Å². The van der Waals surface area contributed by atoms with Gasteiger partial charge in [-0.1, -0.05) is 13.0 Å². The van der Waals surface area contributed by atoms with E-state index in [1.54, 1.807) is 19.1 Å². The van der Waals surface area contributed by atoms with Crippen LogP contribution < -0.4 is 5.32 Å². The number of rotatable bonds is 3. The molecule has 1 aliphatic rings. The number of amides is 2. The lowest BCUT2D eigenvalue weighted by atomic mass is 9.90. The summed E-state index contributed by atoms with van der Waals surface area (Å²) in [6, 6.07) is 5.71. The largest absolute Gasteiger partial charge is 0.471 e. The molecule has 31 heavy (non-hydrogen) atoms. The van der Waals surface area contributed by atoms with Crippen LogP contribution in [0.15, 0.2) is 36.7 Å². The molecular weight excluding hydrogens is 428 g/mol. The zero-order valence-corrected chi connectivity index (χ0v) is 16.1. The highest BCUT2D eigenvalue weighted by Crippen LogP contribution is 2.32. The lowest BCUT2D eigenvalue weighted by molar-refractivity contribution is -0.186. The summed E-state index contributed by atoms with van der Waals surface area (Å²) in [6.45, 7) is 1.32. The van der Waals surface area contributed by atoms with E-state index in [9.17, 15) is 35.9 Å². The van der Waals surface area contributed by atoms with E-state index in [1.807, 2.05) is 0 Å². The second-order valence-electron chi connectivity index (χ2n) is 7.33. The number of benzene rings is 1. The van der Waals surface area contributed by atoms with Gasteiger partial charge < -0.3 is 10.2 Å². The molecule has 2 aromatic rings. The first-order valence-corrected chi connectivity index (χ1v) is 9.14. The third kappa shape index (κ3) is 5.53. The molecule has 1 N–H and O–H groups in total. The Balaban J connectivity index is 1.78. The fourth-order valence-corrected chi connectivity index (χ4v) is 3.48. The number of nitrogens with zero attached hydrogens (tertiary/aromatic N) is 2. The fourth-order valence-electron chi connectivity index (χ4n) is 3.48. The van der Waals surface area contributed by atoms with Crippen molar-refractivity contribution in [1.29, 1.82) is 0 Å². The van der Waals surface area contributed by atoms with Gasteiger partial charge in [-0.25, -0.2) is 0 Å². The Morgan fingerprint density at radius 2 is 1.84 bits per heavy atom. The molecule has 5 nitrogen and oxygen atoms in total. The van der Waals surface area contributed by atoms with Crippen LogP contribution in [0.25, 0.3) is 0 Å². The Morgan fingerprint density at radius 3 is 2.48 bits per heavy atom. The number of aromatic nitrogens is 1. The van der Waals surface area contributed by atoms with E-state index in [4.69, 9.17) is 0 Å². The highest BCUT2D eigenvalue weighted by atomic mass is 19.4. The summed E-state index contributed by atoms with van der Waals surface area (Å²) in [5.41, 5.74) is 1.15. The fraction of sp³-hybridized carbons (Fsp3) is 0.350. The molecule has 0 saturated carbocycles. The Hall–Kier alpha value is -3.11. The molecule has 1 aromatic carbocycles. The monoisotopic (exact) mass is 445 g/mol. The lowest BCUT2D eigenvalue weighted by Gasteiger charge is -2.33. The van der Waals surface area contributed by atoms with Gasteiger partial charge in [0.05, 0.1) is 12.0 Å². The Bertz CT molecular complexity index is 1000. The maximum atomic E-state index is 12.8. The van der Waals surface area contributed by atoms with E-state index in [1.165, 1.54) is 6.07 Å². The van der Waals surface area contributed by atoms with Crippen LogP contribution in [0.2, 0.25) is 0 Å². The highest BCUT2D eigenvalue weighted by molar-refractivity contribution is 6.04. The number of carbonyl (C=O) groups excluding carboxylic acids is 2. The summed E-state index contributed by atoms with van der Waals surface area (Å²) in [4.78, 5) is 28.4. The quantitative estimate of drug-likeness (QED) is 0.711. The van der Waals surface area contributed by atoms with Gasteiger partial charge in [-0.3, -0.25) is 14.6 Å². The minimum Gasteiger partial charge on any atom is -0.330 e. The van der Waals surface area contributed by atoms with Gasteiger partial charge in [-0.05, 0) is 40.8 Å². The van der Waals surface area contributed by atoms with Crippen molar-refractivity contribution in [1.82, 2.24) is 9.88 Å². The maximum Gasteiger partial charge on any atom is 0.471 e. The van der Waals surface area contributed by atoms with Crippen LogP contribution in [0.4, 0.5) is 32.0 Å². The Labute approximate surface area is 173 Å². The first-order valence-electron chi connectivity index (χ1n) is 9.14. The van der Waals surface area contributed by atoms with Crippen LogP contribution in [-0.4, -0.2) is 40.6 Å². The second kappa shape index (κ2) is 8.20. The summed E-state index contributed by atoms with van der Waals surface area (Å²) in [5.74, 6) is -3.00. The molecule has 0 saturated heterocycles. The third-order valence-corrected chi connectivity index (χ3v) is 4.78. The van der Waals surface area contributed by atoms with Gasteiger partial charge in [0.25, 0.3) is 5.91 Å². The topological polar surface area (TPSA) is 62.3 Å². The first kappa shape index (κ1) is 22.6. The molecule has 1 atom stereocenters. The first-order chi connectivity index (χ1) is 14.3. The Kier molecular flexibility index (Phi) is 5.97. The lowest BCUT2D eigenvalue weighted by Crippen LogP contribution is -2.44. The van der Waals surface area contributed by atoms with E-state index in [0.717, 1.165) is 24.0 Å². The number of halogens is 6. The van der Waals surface area contributed by atoms with E-state index in [-0.39, 0.29) is 35.8 Å². The number of nitrogens with one attached hydrogen (secondary N) is 1. The smallest absolute Gasteiger partial charge is 0.330 e. The molecule has 2 amide bonds. The van der Waals surface area contributed by atoms with Gasteiger partial charge in [0.1, 0.15) is 0 Å². The van der Waals surface area contributed by atoms with E-state index >= 15 is 0 Å². The molecule has 2 heterocycles. The number of alkyl halides is 6. The molecule has 1 aliphatic heterocycles. The zero-order chi connectivity index (χ0) is 23.0. The molecule has 0 bridgehead atoms. The van der Waals surface area contributed by atoms with Crippen molar-refractivity contribution in [3.05, 3.63) is 58.9 Å². The van der Waals surface area contributed by atoms with Gasteiger partial charge in [0.2, 0.25) is 0 Å². The highest BCUT2D eigenvalue weighted by Gasteiger charge is 2.44. The molecule has 3 rings (SSSR count). The molecule has 11 heteroatoms. The van der Waals surface area contributed by atoms with Crippen molar-refractivity contribution in [2.75, 3.05) is 11.9 Å². The average Bonchev–Trinajstić information content (AvgIpc) is 2.65. The summed E-state index contributed by atoms with van der Waals surface area (Å²) in [5, 5.41) is 2.50. The molecule has 166 valence electrons. The number of pyridine rings is 1. The minimum atomic E-state index is -4.99. The van der Waals surface area contributed by atoms with Gasteiger partial charge in [-0.15, -0.1) is 0 Å². The number of fused-ring (bicyclic) bond motifs is 1. The van der Waals surface area contributed by atoms with Crippen LogP contribution in [0.5, 0.6) is 0 Å². The van der Waals surface area contributed by atoms with Crippen LogP contribution >= 0.6 is 0 Å². The number of anilines is 1. The predicted molar refractivity (Wildman–Crippen MR) is 98.3 cm³/mol. The SMILES string of the molecule is C[C@H]1CN(C(=O)C(F)(F)F)Cc2cc(NC(=O)c3cncc(CC(F)(F)F)c3)ccc21. The third-order valence-electron chi connectivity index (χ3n) is 4.78. The average molecular weight is 445 g/mol. The van der Waals surface area contributed by atoms with Gasteiger partial charge >= 0.3 is 18.3 Å². The van der Waals surface area contributed by atoms with Crippen molar-refractivity contribution in [2.45, 2.75) is 38.2 Å². The molecule has 0 unspecified atom stereocenters. The normalized spacial score (nSPS) is 16.6. The van der Waals surface area contributed by atoms with E-state index < -0.39 is 30.6 Å². The minimum absolute atomic E-state index is 0.0886. The molecule has 1 aromatic heterocycles. The van der Waals surface area contributed by atoms with E-state index in [0.29, 0.717) is 10.5 Å². The van der Waals surface area contributed by atoms with Crippen molar-refractivity contribution in [3.63, 3.8) is 0 Å². The predicted octanol–water partition coefficient (Wildman–Crippen LogP) is 4.45. The van der Waals surface area contributed by atoms with Crippen molar-refractivity contribution < 1.29 is 35.9 Å². The standard InChI is InChI=1S/C20H17F6N3O2/c1-11-9-29(18(31)20(24,25)26)10-14-5-15(2-3-16(11)14)28-17(30)13-4-12(7-27-8-13)6-19(21,22)23/h2-5,7-8,11H,6,9-10H2,1H3,(H,28,30)/t11-/m0/s1. The van der Waals surface area contributed by atoms with Crippen LogP contribution in [0.1, 0.15) is 39.9 Å². The number of carbonyl (C=O) groups is 2. The summed E-state index contributed by atoms with van der Waals surface area (Å²) < 4.78 is 76.0. The molecular formula is C20H17F6N3O2. The maximum absolute atomic E-state index is 12.8. The van der Waals surface area contributed by atoms with Gasteiger partial charge in [0, 0.05) is 31.2 Å². The van der Waals surface area contributed by atoms with Crippen molar-refractivity contribution >= 4 is 17.5 Å². The van der Waals surface area contributed by atoms with Gasteiger partial charge in [-0.2, -0.15) is 26.3 Å². The van der Waals surface area contributed by atoms with Gasteiger partial charge in [0.15, 0.2) is 0 Å². The summed E-state index contributed by atoms with van der Waals surface area (Å²) in [6.07, 6.45) is -8.56. The van der Waals surface area contributed by atoms with Crippen LogP contribution in [0.3, 0.4) is 0 Å². The van der Waals surface area contributed by atoms with Crippen LogP contribution in [0, 0.1) is 0 Å². The summed E-state index contributed by atoms with van der Waals surface area (Å²) in [7, 11) is 0. The number of hydrogen-bond acceptors (Lipinski definition) is 3. The summed E-state index contributed by atoms with van der Waals surface area (Å²) >= 11 is 0. The molecule has 0 radical (unpaired) electrons. The molecule has 0 fully saturated rings. The zero-order valence-electron chi connectivity index (χ0n) is 16.1. The second-order valence-corrected chi connectivity index (χ2v) is 7.33. The number of hydrogen-bond donors (Lipinski definition) is 1. The Morgan fingerprint density at radius 1 is 1.13 bits per heavy atom. The van der Waals surface area contributed by atoms with Crippen molar-refractivity contribution in [2.24, 2.45) is 0 Å².